The predicted octanol–water partition coefficient (Wildman–Crippen LogP) is 4.11. The van der Waals surface area contributed by atoms with Crippen molar-refractivity contribution in [3.05, 3.63) is 59.2 Å². The van der Waals surface area contributed by atoms with Gasteiger partial charge in [0.15, 0.2) is 0 Å². The quantitative estimate of drug-likeness (QED) is 0.621. The zero-order valence-corrected chi connectivity index (χ0v) is 16.1. The predicted molar refractivity (Wildman–Crippen MR) is 106 cm³/mol. The fourth-order valence-electron chi connectivity index (χ4n) is 2.36. The molecule has 0 fully saturated rings. The monoisotopic (exact) mass is 362 g/mol. The summed E-state index contributed by atoms with van der Waals surface area (Å²) >= 11 is 0. The van der Waals surface area contributed by atoms with Gasteiger partial charge < -0.3 is 15.8 Å². The first-order valence-corrected chi connectivity index (χ1v) is 8.15. The third-order valence-electron chi connectivity index (χ3n) is 3.88. The highest BCUT2D eigenvalue weighted by atomic mass is 35.5. The summed E-state index contributed by atoms with van der Waals surface area (Å²) in [6, 6.07) is 13.4. The Hall–Kier alpha value is -2.20. The molecule has 25 heavy (non-hydrogen) atoms. The van der Waals surface area contributed by atoms with E-state index in [9.17, 15) is 4.79 Å². The van der Waals surface area contributed by atoms with Crippen LogP contribution in [0, 0.1) is 6.92 Å². The number of nitrogen functional groups attached to an aromatic ring is 1. The van der Waals surface area contributed by atoms with Gasteiger partial charge in [0.1, 0.15) is 12.4 Å². The van der Waals surface area contributed by atoms with Crippen LogP contribution >= 0.6 is 12.4 Å². The molecule has 5 heteroatoms. The Bertz CT molecular complexity index is 707. The number of ether oxygens (including phenoxy) is 1. The van der Waals surface area contributed by atoms with E-state index in [1.54, 1.807) is 12.1 Å². The van der Waals surface area contributed by atoms with Gasteiger partial charge in [0, 0.05) is 11.3 Å². The summed E-state index contributed by atoms with van der Waals surface area (Å²) in [5.74, 6) is 0.670. The summed E-state index contributed by atoms with van der Waals surface area (Å²) in [6.07, 6.45) is 0. The highest BCUT2D eigenvalue weighted by molar-refractivity contribution is 5.96. The maximum atomic E-state index is 12.2. The van der Waals surface area contributed by atoms with Crippen LogP contribution in [0.25, 0.3) is 0 Å². The number of aryl methyl sites for hydroxylation is 1. The number of carbonyl (C=O) groups excluding carboxylic acids is 1. The summed E-state index contributed by atoms with van der Waals surface area (Å²) < 4.78 is 5.67. The van der Waals surface area contributed by atoms with Crippen molar-refractivity contribution in [2.75, 3.05) is 18.9 Å². The second kappa shape index (κ2) is 8.77. The molecule has 0 spiro atoms. The van der Waals surface area contributed by atoms with E-state index in [-0.39, 0.29) is 23.7 Å². The van der Waals surface area contributed by atoms with Gasteiger partial charge in [-0.3, -0.25) is 4.79 Å². The summed E-state index contributed by atoms with van der Waals surface area (Å²) in [7, 11) is 0. The SMILES string of the molecule is Cc1ccc(N)cc1C(=O)NCCOc1ccc(C(C)(C)C)cc1.Cl. The normalized spacial score (nSPS) is 10.7. The molecular weight excluding hydrogens is 336 g/mol. The largest absolute Gasteiger partial charge is 0.492 e. The molecule has 1 amide bonds. The second-order valence-electron chi connectivity index (χ2n) is 6.95. The Morgan fingerprint density at radius 1 is 1.12 bits per heavy atom. The lowest BCUT2D eigenvalue weighted by molar-refractivity contribution is 0.0946. The van der Waals surface area contributed by atoms with E-state index in [0.717, 1.165) is 11.3 Å². The summed E-state index contributed by atoms with van der Waals surface area (Å²) in [5, 5.41) is 2.85. The Kier molecular flexibility index (Phi) is 7.31. The number of benzene rings is 2. The minimum Gasteiger partial charge on any atom is -0.492 e. The molecule has 2 rings (SSSR count). The van der Waals surface area contributed by atoms with Crippen LogP contribution in [0.1, 0.15) is 42.3 Å². The van der Waals surface area contributed by atoms with Crippen LogP contribution in [-0.2, 0) is 5.41 Å². The molecule has 0 saturated heterocycles. The highest BCUT2D eigenvalue weighted by Crippen LogP contribution is 2.24. The fraction of sp³-hybridized carbons (Fsp3) is 0.350. The van der Waals surface area contributed by atoms with E-state index in [1.807, 2.05) is 25.1 Å². The molecule has 136 valence electrons. The zero-order chi connectivity index (χ0) is 17.7. The van der Waals surface area contributed by atoms with Gasteiger partial charge in [0.05, 0.1) is 6.54 Å². The van der Waals surface area contributed by atoms with Gasteiger partial charge in [-0.15, -0.1) is 12.4 Å². The van der Waals surface area contributed by atoms with Gasteiger partial charge in [-0.1, -0.05) is 39.0 Å². The van der Waals surface area contributed by atoms with Crippen LogP contribution in [0.4, 0.5) is 5.69 Å². The average molecular weight is 363 g/mol. The van der Waals surface area contributed by atoms with E-state index in [0.29, 0.717) is 24.4 Å². The third kappa shape index (κ3) is 5.98. The number of carbonyl (C=O) groups is 1. The first kappa shape index (κ1) is 20.8. The van der Waals surface area contributed by atoms with E-state index >= 15 is 0 Å². The zero-order valence-electron chi connectivity index (χ0n) is 15.3. The lowest BCUT2D eigenvalue weighted by Crippen LogP contribution is -2.28. The number of hydrogen-bond acceptors (Lipinski definition) is 3. The molecule has 3 N–H and O–H groups in total. The molecule has 0 saturated carbocycles. The van der Waals surface area contributed by atoms with Crippen LogP contribution in [0.15, 0.2) is 42.5 Å². The smallest absolute Gasteiger partial charge is 0.251 e. The lowest BCUT2D eigenvalue weighted by Gasteiger charge is -2.19. The van der Waals surface area contributed by atoms with Crippen molar-refractivity contribution in [1.29, 1.82) is 0 Å². The maximum Gasteiger partial charge on any atom is 0.251 e. The van der Waals surface area contributed by atoms with Crippen molar-refractivity contribution >= 4 is 24.0 Å². The maximum absolute atomic E-state index is 12.2. The topological polar surface area (TPSA) is 64.4 Å². The average Bonchev–Trinajstić information content (AvgIpc) is 2.53. The minimum atomic E-state index is -0.133. The molecule has 0 bridgehead atoms. The first-order chi connectivity index (χ1) is 11.3. The van der Waals surface area contributed by atoms with Gasteiger partial charge in [-0.2, -0.15) is 0 Å². The first-order valence-electron chi connectivity index (χ1n) is 8.15. The Morgan fingerprint density at radius 2 is 1.76 bits per heavy atom. The van der Waals surface area contributed by atoms with Crippen molar-refractivity contribution in [3.8, 4) is 5.75 Å². The molecule has 0 unspecified atom stereocenters. The number of nitrogens with two attached hydrogens (primary N) is 1. The standard InChI is InChI=1S/C20H26N2O2.ClH/c1-14-5-8-16(21)13-18(14)19(23)22-11-12-24-17-9-6-15(7-10-17)20(2,3)4;/h5-10,13H,11-12,21H2,1-4H3,(H,22,23);1H. The fourth-order valence-corrected chi connectivity index (χ4v) is 2.36. The Labute approximate surface area is 156 Å². The molecular formula is C20H27ClN2O2. The van der Waals surface area contributed by atoms with Crippen LogP contribution in [-0.4, -0.2) is 19.1 Å². The molecule has 0 atom stereocenters. The van der Waals surface area contributed by atoms with E-state index in [2.05, 4.69) is 38.2 Å². The second-order valence-corrected chi connectivity index (χ2v) is 6.95. The molecule has 2 aromatic rings. The molecule has 0 aromatic heterocycles. The third-order valence-corrected chi connectivity index (χ3v) is 3.88. The number of hydrogen-bond donors (Lipinski definition) is 2. The minimum absolute atomic E-state index is 0. The molecule has 2 aromatic carbocycles. The van der Waals surface area contributed by atoms with Gasteiger partial charge in [-0.25, -0.2) is 0 Å². The van der Waals surface area contributed by atoms with Crippen LogP contribution in [0.3, 0.4) is 0 Å². The summed E-state index contributed by atoms with van der Waals surface area (Å²) in [5.41, 5.74) is 9.21. The number of amides is 1. The Balaban J connectivity index is 0.00000312. The van der Waals surface area contributed by atoms with Gasteiger partial charge >= 0.3 is 0 Å². The molecule has 0 aliphatic carbocycles. The van der Waals surface area contributed by atoms with Crippen molar-refractivity contribution in [2.45, 2.75) is 33.1 Å². The van der Waals surface area contributed by atoms with E-state index in [1.165, 1.54) is 5.56 Å². The van der Waals surface area contributed by atoms with Crippen molar-refractivity contribution in [1.82, 2.24) is 5.32 Å². The molecule has 0 radical (unpaired) electrons. The van der Waals surface area contributed by atoms with Crippen molar-refractivity contribution < 1.29 is 9.53 Å². The van der Waals surface area contributed by atoms with Gasteiger partial charge in [0.2, 0.25) is 0 Å². The van der Waals surface area contributed by atoms with Crippen molar-refractivity contribution in [2.24, 2.45) is 0 Å². The number of nitrogens with one attached hydrogen (secondary N) is 1. The number of anilines is 1. The van der Waals surface area contributed by atoms with E-state index in [4.69, 9.17) is 10.5 Å². The van der Waals surface area contributed by atoms with Gasteiger partial charge in [0.25, 0.3) is 5.91 Å². The molecule has 0 heterocycles. The van der Waals surface area contributed by atoms with Crippen LogP contribution in [0.5, 0.6) is 5.75 Å². The van der Waals surface area contributed by atoms with Gasteiger partial charge in [-0.05, 0) is 47.7 Å². The Morgan fingerprint density at radius 3 is 2.36 bits per heavy atom. The molecule has 4 nitrogen and oxygen atoms in total. The van der Waals surface area contributed by atoms with Crippen molar-refractivity contribution in [3.63, 3.8) is 0 Å². The summed E-state index contributed by atoms with van der Waals surface area (Å²) in [6.45, 7) is 9.28. The number of rotatable bonds is 5. The summed E-state index contributed by atoms with van der Waals surface area (Å²) in [4.78, 5) is 12.2. The number of halogens is 1. The van der Waals surface area contributed by atoms with Crippen LogP contribution < -0.4 is 15.8 Å². The van der Waals surface area contributed by atoms with Crippen LogP contribution in [0.2, 0.25) is 0 Å². The molecule has 0 aliphatic heterocycles. The van der Waals surface area contributed by atoms with E-state index < -0.39 is 0 Å². The highest BCUT2D eigenvalue weighted by Gasteiger charge is 2.13. The lowest BCUT2D eigenvalue weighted by atomic mass is 9.87. The molecule has 0 aliphatic rings.